The summed E-state index contributed by atoms with van der Waals surface area (Å²) < 4.78 is 0. The largest absolute Gasteiger partial charge is 0.481 e. The molecule has 0 unspecified atom stereocenters. The van der Waals surface area contributed by atoms with Gasteiger partial charge in [0, 0.05) is 6.42 Å². The van der Waals surface area contributed by atoms with Crippen LogP contribution >= 0.6 is 0 Å². The molecule has 0 saturated heterocycles. The Morgan fingerprint density at radius 2 is 1.12 bits per heavy atom. The van der Waals surface area contributed by atoms with Gasteiger partial charge in [-0.05, 0) is 38.5 Å². The first-order chi connectivity index (χ1) is 11.8. The first kappa shape index (κ1) is 22.7. The third-order valence-electron chi connectivity index (χ3n) is 4.05. The molecular formula is C22H38O2. The van der Waals surface area contributed by atoms with Crippen molar-refractivity contribution >= 4 is 5.97 Å². The number of unbranched alkanes of at least 4 members (excludes halogenated alkanes) is 10. The van der Waals surface area contributed by atoms with Crippen molar-refractivity contribution in [1.29, 1.82) is 0 Å². The van der Waals surface area contributed by atoms with Crippen LogP contribution in [-0.2, 0) is 4.79 Å². The lowest BCUT2D eigenvalue weighted by atomic mass is 10.1. The van der Waals surface area contributed by atoms with Crippen LogP contribution < -0.4 is 0 Å². The fourth-order valence-electron chi connectivity index (χ4n) is 2.60. The second-order valence-electron chi connectivity index (χ2n) is 6.43. The fourth-order valence-corrected chi connectivity index (χ4v) is 2.60. The number of aliphatic carboxylic acids is 1. The summed E-state index contributed by atoms with van der Waals surface area (Å²) in [4.78, 5) is 10.3. The molecule has 0 aromatic heterocycles. The number of carboxylic acids is 1. The van der Waals surface area contributed by atoms with Gasteiger partial charge in [-0.2, -0.15) is 0 Å². The number of hydrogen-bond donors (Lipinski definition) is 1. The van der Waals surface area contributed by atoms with Crippen molar-refractivity contribution in [3.63, 3.8) is 0 Å². The average Bonchev–Trinajstić information content (AvgIpc) is 2.56. The van der Waals surface area contributed by atoms with Crippen LogP contribution in [-0.4, -0.2) is 11.1 Å². The lowest BCUT2D eigenvalue weighted by Gasteiger charge is -2.01. The molecule has 0 saturated carbocycles. The first-order valence-electron chi connectivity index (χ1n) is 9.95. The smallest absolute Gasteiger partial charge is 0.303 e. The van der Waals surface area contributed by atoms with E-state index in [1.807, 2.05) is 18.2 Å². The topological polar surface area (TPSA) is 37.3 Å². The zero-order valence-electron chi connectivity index (χ0n) is 15.7. The maximum absolute atomic E-state index is 10.3. The van der Waals surface area contributed by atoms with Crippen molar-refractivity contribution in [3.8, 4) is 0 Å². The lowest BCUT2D eigenvalue weighted by Crippen LogP contribution is -1.91. The van der Waals surface area contributed by atoms with Crippen LogP contribution in [0.4, 0.5) is 0 Å². The summed E-state index contributed by atoms with van der Waals surface area (Å²) in [5.41, 5.74) is 0. The molecule has 0 aliphatic heterocycles. The van der Waals surface area contributed by atoms with E-state index in [9.17, 15) is 4.79 Å². The van der Waals surface area contributed by atoms with Gasteiger partial charge >= 0.3 is 5.97 Å². The van der Waals surface area contributed by atoms with Crippen molar-refractivity contribution in [2.75, 3.05) is 0 Å². The molecule has 0 atom stereocenters. The summed E-state index contributed by atoms with van der Waals surface area (Å²) in [5.74, 6) is -0.729. The number of carboxylic acid groups (broad SMARTS) is 1. The lowest BCUT2D eigenvalue weighted by molar-refractivity contribution is -0.136. The number of carbonyl (C=O) groups is 1. The Kier molecular flexibility index (Phi) is 18.7. The van der Waals surface area contributed by atoms with Gasteiger partial charge in [0.1, 0.15) is 0 Å². The summed E-state index contributed by atoms with van der Waals surface area (Å²) in [6.45, 7) is 2.19. The van der Waals surface area contributed by atoms with E-state index in [1.54, 1.807) is 0 Å². The van der Waals surface area contributed by atoms with E-state index in [0.29, 0.717) is 6.42 Å². The maximum Gasteiger partial charge on any atom is 0.303 e. The number of hydrogen-bond acceptors (Lipinski definition) is 1. The zero-order valence-corrected chi connectivity index (χ0v) is 15.7. The zero-order chi connectivity index (χ0) is 17.7. The number of rotatable bonds is 17. The second kappa shape index (κ2) is 19.7. The number of allylic oxidation sites excluding steroid dienone is 6. The molecule has 0 aromatic rings. The van der Waals surface area contributed by atoms with E-state index in [2.05, 4.69) is 25.2 Å². The molecule has 0 bridgehead atoms. The Morgan fingerprint density at radius 3 is 1.62 bits per heavy atom. The fraction of sp³-hybridized carbons (Fsp3) is 0.682. The van der Waals surface area contributed by atoms with E-state index in [4.69, 9.17) is 5.11 Å². The summed E-state index contributed by atoms with van der Waals surface area (Å²) in [6, 6.07) is 0. The van der Waals surface area contributed by atoms with Crippen LogP contribution in [0.25, 0.3) is 0 Å². The highest BCUT2D eigenvalue weighted by molar-refractivity contribution is 5.66. The van der Waals surface area contributed by atoms with Gasteiger partial charge in [-0.3, -0.25) is 4.79 Å². The second-order valence-corrected chi connectivity index (χ2v) is 6.43. The molecule has 0 amide bonds. The van der Waals surface area contributed by atoms with E-state index in [0.717, 1.165) is 6.42 Å². The molecule has 24 heavy (non-hydrogen) atoms. The van der Waals surface area contributed by atoms with Crippen LogP contribution in [0, 0.1) is 0 Å². The summed E-state index contributed by atoms with van der Waals surface area (Å²) in [7, 11) is 0. The minimum Gasteiger partial charge on any atom is -0.481 e. The van der Waals surface area contributed by atoms with Gasteiger partial charge in [0.2, 0.25) is 0 Å². The van der Waals surface area contributed by atoms with Crippen molar-refractivity contribution in [1.82, 2.24) is 0 Å². The molecule has 0 aliphatic carbocycles. The van der Waals surface area contributed by atoms with Gasteiger partial charge in [0.05, 0.1) is 0 Å². The van der Waals surface area contributed by atoms with Crippen molar-refractivity contribution in [2.24, 2.45) is 0 Å². The molecule has 2 heteroatoms. The van der Waals surface area contributed by atoms with Crippen LogP contribution in [0.2, 0.25) is 0 Å². The molecular weight excluding hydrogens is 296 g/mol. The monoisotopic (exact) mass is 334 g/mol. The molecule has 0 rings (SSSR count). The molecule has 0 aromatic carbocycles. The molecule has 138 valence electrons. The van der Waals surface area contributed by atoms with Crippen molar-refractivity contribution < 1.29 is 9.90 Å². The molecule has 0 spiro atoms. The predicted molar refractivity (Wildman–Crippen MR) is 105 cm³/mol. The van der Waals surface area contributed by atoms with Gasteiger partial charge in [0.25, 0.3) is 0 Å². The normalized spacial score (nSPS) is 12.0. The van der Waals surface area contributed by atoms with E-state index >= 15 is 0 Å². The summed E-state index contributed by atoms with van der Waals surface area (Å²) in [6.07, 6.45) is 29.4. The molecule has 0 aliphatic rings. The Labute approximate surface area is 149 Å². The minimum absolute atomic E-state index is 0.222. The van der Waals surface area contributed by atoms with E-state index < -0.39 is 5.97 Å². The highest BCUT2D eigenvalue weighted by atomic mass is 16.4. The molecule has 0 heterocycles. The Morgan fingerprint density at radius 1 is 0.667 bits per heavy atom. The quantitative estimate of drug-likeness (QED) is 0.173. The minimum atomic E-state index is -0.729. The van der Waals surface area contributed by atoms with Crippen LogP contribution in [0.1, 0.15) is 96.8 Å². The maximum atomic E-state index is 10.3. The highest BCUT2D eigenvalue weighted by Crippen LogP contribution is 2.11. The molecule has 2 nitrogen and oxygen atoms in total. The third kappa shape index (κ3) is 20.7. The van der Waals surface area contributed by atoms with Gasteiger partial charge in [-0.25, -0.2) is 0 Å². The average molecular weight is 335 g/mol. The summed E-state index contributed by atoms with van der Waals surface area (Å²) in [5, 5.41) is 8.50. The van der Waals surface area contributed by atoms with Gasteiger partial charge in [0.15, 0.2) is 0 Å². The Hall–Kier alpha value is -1.31. The van der Waals surface area contributed by atoms with Crippen LogP contribution in [0.3, 0.4) is 0 Å². The van der Waals surface area contributed by atoms with Gasteiger partial charge in [-0.15, -0.1) is 0 Å². The molecule has 1 N–H and O–H groups in total. The SMILES string of the molecule is CC/C=C/CCCCCCCCCCC/C=C/C=C/CCC(=O)O. The standard InChI is InChI=1S/C22H38O2/c1-2-3-4-5-6-7-8-9-10-11-12-13-14-15-16-17-18-19-20-21-22(23)24/h3-4,16-19H,2,5-15,20-21H2,1H3,(H,23,24)/b4-3+,17-16+,19-18+. The third-order valence-corrected chi connectivity index (χ3v) is 4.05. The summed E-state index contributed by atoms with van der Waals surface area (Å²) >= 11 is 0. The van der Waals surface area contributed by atoms with Crippen molar-refractivity contribution in [3.05, 3.63) is 36.5 Å². The van der Waals surface area contributed by atoms with Gasteiger partial charge < -0.3 is 5.11 Å². The van der Waals surface area contributed by atoms with Gasteiger partial charge in [-0.1, -0.05) is 88.3 Å². The predicted octanol–water partition coefficient (Wildman–Crippen LogP) is 7.22. The van der Waals surface area contributed by atoms with Crippen LogP contribution in [0.15, 0.2) is 36.5 Å². The molecule has 0 radical (unpaired) electrons. The van der Waals surface area contributed by atoms with E-state index in [1.165, 1.54) is 70.6 Å². The van der Waals surface area contributed by atoms with Crippen molar-refractivity contribution in [2.45, 2.75) is 96.8 Å². The molecule has 0 fully saturated rings. The Balaban J connectivity index is 3.17. The van der Waals surface area contributed by atoms with E-state index in [-0.39, 0.29) is 6.42 Å². The van der Waals surface area contributed by atoms with Crippen LogP contribution in [0.5, 0.6) is 0 Å². The first-order valence-corrected chi connectivity index (χ1v) is 9.95. The Bertz CT molecular complexity index is 353. The highest BCUT2D eigenvalue weighted by Gasteiger charge is 1.92.